The second-order valence-electron chi connectivity index (χ2n) is 7.59. The van der Waals surface area contributed by atoms with Gasteiger partial charge in [-0.3, -0.25) is 5.32 Å². The second kappa shape index (κ2) is 7.42. The van der Waals surface area contributed by atoms with Gasteiger partial charge < -0.3 is 14.6 Å². The molecule has 156 valence electrons. The van der Waals surface area contributed by atoms with Gasteiger partial charge in [-0.2, -0.15) is 0 Å². The average Bonchev–Trinajstić information content (AvgIpc) is 3.29. The lowest BCUT2D eigenvalue weighted by Crippen LogP contribution is -2.53. The maximum atomic E-state index is 12.7. The smallest absolute Gasteiger partial charge is 0.408 e. The van der Waals surface area contributed by atoms with Crippen molar-refractivity contribution >= 4 is 28.0 Å². The zero-order valence-electron chi connectivity index (χ0n) is 16.3. The largest absolute Gasteiger partial charge is 0.490 e. The van der Waals surface area contributed by atoms with Crippen LogP contribution in [0.4, 0.5) is 4.79 Å². The second-order valence-corrected chi connectivity index (χ2v) is 8.51. The Kier molecular flexibility index (Phi) is 4.70. The first kappa shape index (κ1) is 19.6. The number of ether oxygens (including phenoxy) is 2. The molecule has 1 aliphatic heterocycles. The minimum absolute atomic E-state index is 0.101. The number of benzene rings is 3. The van der Waals surface area contributed by atoms with E-state index >= 15 is 0 Å². The molecule has 0 fully saturated rings. The lowest BCUT2D eigenvalue weighted by molar-refractivity contribution is -0.145. The lowest BCUT2D eigenvalue weighted by atomic mass is 9.92. The number of amides is 1. The van der Waals surface area contributed by atoms with Gasteiger partial charge in [-0.1, -0.05) is 70.5 Å². The van der Waals surface area contributed by atoms with Gasteiger partial charge in [-0.15, -0.1) is 0 Å². The van der Waals surface area contributed by atoms with Gasteiger partial charge in [0.25, 0.3) is 0 Å². The highest BCUT2D eigenvalue weighted by Gasteiger charge is 2.49. The van der Waals surface area contributed by atoms with Gasteiger partial charge in [0.05, 0.1) is 0 Å². The van der Waals surface area contributed by atoms with Gasteiger partial charge in [0.15, 0.2) is 0 Å². The molecule has 0 unspecified atom stereocenters. The highest BCUT2D eigenvalue weighted by Crippen LogP contribution is 2.44. The van der Waals surface area contributed by atoms with Crippen molar-refractivity contribution in [1.82, 2.24) is 5.32 Å². The van der Waals surface area contributed by atoms with Crippen molar-refractivity contribution in [2.75, 3.05) is 13.2 Å². The SMILES string of the molecule is O=C(N[C@@]1(C(=O)O)COc2cc(Br)ccc21)OCC1c2ccccc2-c2ccccc21. The first-order valence-electron chi connectivity index (χ1n) is 9.79. The van der Waals surface area contributed by atoms with Gasteiger partial charge in [0.1, 0.15) is 19.0 Å². The molecule has 0 spiro atoms. The van der Waals surface area contributed by atoms with Crippen LogP contribution in [0.3, 0.4) is 0 Å². The molecule has 3 aromatic rings. The monoisotopic (exact) mass is 479 g/mol. The predicted molar refractivity (Wildman–Crippen MR) is 117 cm³/mol. The summed E-state index contributed by atoms with van der Waals surface area (Å²) in [6, 6.07) is 21.1. The van der Waals surface area contributed by atoms with Crippen molar-refractivity contribution in [2.24, 2.45) is 0 Å². The van der Waals surface area contributed by atoms with Crippen LogP contribution >= 0.6 is 15.9 Å². The van der Waals surface area contributed by atoms with E-state index in [9.17, 15) is 14.7 Å². The van der Waals surface area contributed by atoms with E-state index in [0.717, 1.165) is 26.7 Å². The Morgan fingerprint density at radius 3 is 2.35 bits per heavy atom. The Morgan fingerprint density at radius 1 is 1.06 bits per heavy atom. The van der Waals surface area contributed by atoms with Gasteiger partial charge >= 0.3 is 12.1 Å². The molecule has 0 saturated heterocycles. The van der Waals surface area contributed by atoms with E-state index in [1.54, 1.807) is 18.2 Å². The minimum atomic E-state index is -1.70. The average molecular weight is 480 g/mol. The van der Waals surface area contributed by atoms with Gasteiger partial charge in [0, 0.05) is 16.0 Å². The quantitative estimate of drug-likeness (QED) is 0.568. The molecular formula is C24H18BrNO5. The highest BCUT2D eigenvalue weighted by atomic mass is 79.9. The van der Waals surface area contributed by atoms with E-state index in [2.05, 4.69) is 33.4 Å². The summed E-state index contributed by atoms with van der Waals surface area (Å²) in [5.74, 6) is -0.903. The summed E-state index contributed by atoms with van der Waals surface area (Å²) >= 11 is 3.34. The third-order valence-corrected chi connectivity index (χ3v) is 6.37. The fourth-order valence-electron chi connectivity index (χ4n) is 4.37. The molecule has 7 heteroatoms. The van der Waals surface area contributed by atoms with E-state index in [-0.39, 0.29) is 19.1 Å². The van der Waals surface area contributed by atoms with Crippen LogP contribution in [0.25, 0.3) is 11.1 Å². The Hall–Kier alpha value is -3.32. The van der Waals surface area contributed by atoms with Gasteiger partial charge in [0.2, 0.25) is 5.54 Å². The van der Waals surface area contributed by atoms with Crippen LogP contribution in [-0.4, -0.2) is 30.4 Å². The number of carbonyl (C=O) groups is 2. The topological polar surface area (TPSA) is 84.9 Å². The first-order chi connectivity index (χ1) is 15.0. The number of carbonyl (C=O) groups excluding carboxylic acids is 1. The van der Waals surface area contributed by atoms with Crippen molar-refractivity contribution in [1.29, 1.82) is 0 Å². The molecule has 1 atom stereocenters. The molecule has 31 heavy (non-hydrogen) atoms. The molecule has 2 N–H and O–H groups in total. The van der Waals surface area contributed by atoms with E-state index in [1.807, 2.05) is 36.4 Å². The van der Waals surface area contributed by atoms with Crippen molar-refractivity contribution in [3.8, 4) is 16.9 Å². The molecule has 5 rings (SSSR count). The highest BCUT2D eigenvalue weighted by molar-refractivity contribution is 9.10. The summed E-state index contributed by atoms with van der Waals surface area (Å²) in [6.07, 6.45) is -0.802. The molecular weight excluding hydrogens is 462 g/mol. The number of alkyl carbamates (subject to hydrolysis) is 1. The first-order valence-corrected chi connectivity index (χ1v) is 10.6. The predicted octanol–water partition coefficient (Wildman–Crippen LogP) is 4.66. The zero-order valence-corrected chi connectivity index (χ0v) is 17.9. The van der Waals surface area contributed by atoms with Crippen molar-refractivity contribution in [2.45, 2.75) is 11.5 Å². The number of halogens is 1. The summed E-state index contributed by atoms with van der Waals surface area (Å²) in [7, 11) is 0. The molecule has 1 amide bonds. The van der Waals surface area contributed by atoms with Gasteiger partial charge in [-0.05, 0) is 34.4 Å². The fraction of sp³-hybridized carbons (Fsp3) is 0.167. The Morgan fingerprint density at radius 2 is 1.71 bits per heavy atom. The number of hydrogen-bond acceptors (Lipinski definition) is 4. The zero-order chi connectivity index (χ0) is 21.6. The Bertz CT molecular complexity index is 1160. The van der Waals surface area contributed by atoms with Crippen LogP contribution in [0.1, 0.15) is 22.6 Å². The van der Waals surface area contributed by atoms with Crippen molar-refractivity contribution in [3.63, 3.8) is 0 Å². The van der Waals surface area contributed by atoms with E-state index < -0.39 is 17.6 Å². The summed E-state index contributed by atoms with van der Waals surface area (Å²) in [5.41, 5.74) is 3.11. The van der Waals surface area contributed by atoms with Crippen LogP contribution in [-0.2, 0) is 15.1 Å². The molecule has 0 bridgehead atoms. The van der Waals surface area contributed by atoms with Crippen LogP contribution in [0.5, 0.6) is 5.75 Å². The third kappa shape index (κ3) is 3.16. The number of nitrogens with one attached hydrogen (secondary N) is 1. The number of rotatable bonds is 4. The molecule has 3 aromatic carbocycles. The molecule has 2 aliphatic rings. The number of carboxylic acid groups (broad SMARTS) is 1. The fourth-order valence-corrected chi connectivity index (χ4v) is 4.71. The molecule has 1 aliphatic carbocycles. The van der Waals surface area contributed by atoms with E-state index in [1.165, 1.54) is 0 Å². The molecule has 0 aromatic heterocycles. The summed E-state index contributed by atoms with van der Waals surface area (Å²) in [6.45, 7) is -0.109. The maximum absolute atomic E-state index is 12.7. The van der Waals surface area contributed by atoms with Crippen LogP contribution in [0.15, 0.2) is 71.2 Å². The van der Waals surface area contributed by atoms with E-state index in [4.69, 9.17) is 9.47 Å². The third-order valence-electron chi connectivity index (χ3n) is 5.87. The van der Waals surface area contributed by atoms with Crippen LogP contribution in [0, 0.1) is 0 Å². The normalized spacial score (nSPS) is 18.5. The summed E-state index contributed by atoms with van der Waals surface area (Å²) in [4.78, 5) is 24.8. The molecule has 1 heterocycles. The minimum Gasteiger partial charge on any atom is -0.490 e. The molecule has 0 saturated carbocycles. The van der Waals surface area contributed by atoms with Crippen molar-refractivity contribution < 1.29 is 24.2 Å². The molecule has 0 radical (unpaired) electrons. The molecule has 6 nitrogen and oxygen atoms in total. The number of aliphatic carboxylic acids is 1. The van der Waals surface area contributed by atoms with E-state index in [0.29, 0.717) is 11.3 Å². The summed E-state index contributed by atoms with van der Waals surface area (Å²) in [5, 5.41) is 12.4. The lowest BCUT2D eigenvalue weighted by Gasteiger charge is -2.24. The van der Waals surface area contributed by atoms with Crippen molar-refractivity contribution in [3.05, 3.63) is 87.9 Å². The number of carboxylic acids is 1. The Balaban J connectivity index is 1.37. The Labute approximate surface area is 186 Å². The maximum Gasteiger partial charge on any atom is 0.408 e. The summed E-state index contributed by atoms with van der Waals surface area (Å²) < 4.78 is 11.8. The van der Waals surface area contributed by atoms with Gasteiger partial charge in [-0.25, -0.2) is 9.59 Å². The van der Waals surface area contributed by atoms with Crippen LogP contribution < -0.4 is 10.1 Å². The standard InChI is InChI=1S/C24H18BrNO5/c25-14-9-10-20-21(11-14)31-13-24(20,22(27)28)26-23(29)30-12-19-17-7-3-1-5-15(17)16-6-2-4-8-18(16)19/h1-11,19H,12-13H2,(H,26,29)(H,27,28)/t24-/m0/s1. The van der Waals surface area contributed by atoms with Crippen LogP contribution in [0.2, 0.25) is 0 Å². The number of fused-ring (bicyclic) bond motifs is 4. The number of hydrogen-bond donors (Lipinski definition) is 2.